The zero-order chi connectivity index (χ0) is 57.6. The Labute approximate surface area is 455 Å². The van der Waals surface area contributed by atoms with Crippen molar-refractivity contribution in [1.29, 1.82) is 0 Å². The quantitative estimate of drug-likeness (QED) is 0.0470. The molecule has 22 heteroatoms. The fourth-order valence-corrected chi connectivity index (χ4v) is 16.0. The minimum absolute atomic E-state index is 0.0626. The van der Waals surface area contributed by atoms with Gasteiger partial charge in [-0.15, -0.1) is 0 Å². The SMILES string of the molecule is C/C=C(/C)C(=O)O[C@H]1[C@H](OC(=O)/C(C)=C\C)[C@]2(CO)[C@H](O)C[C@]3(C)C(=CC[C@@H]4[C@@]5(C)CC[C@H](O[C@@H]6O[C@H](C(=O)O)[C@@H](O)[C@H](O[C@@H]7O[C@@H](CO)[C@H](O)[C@H]7O)[C@H]6O[C@@H]6O[C@@H](CO)[C@H](O)[C@H]6O)[C@](C)(CO)[C@@H]5CC[C@]43C)[C@@H]2CC1(C)C. The molecule has 0 unspecified atom stereocenters. The van der Waals surface area contributed by atoms with Gasteiger partial charge in [0.2, 0.25) is 0 Å². The summed E-state index contributed by atoms with van der Waals surface area (Å²) < 4.78 is 48.9. The number of allylic oxidation sites excluding steroid dienone is 4. The summed E-state index contributed by atoms with van der Waals surface area (Å²) in [6, 6.07) is 0. The summed E-state index contributed by atoms with van der Waals surface area (Å²) in [5, 5.41) is 121. The molecule has 0 spiro atoms. The molecule has 0 aromatic heterocycles. The molecule has 8 aliphatic rings. The van der Waals surface area contributed by atoms with Gasteiger partial charge in [-0.1, -0.05) is 65.3 Å². The third-order valence-electron chi connectivity index (χ3n) is 21.0. The summed E-state index contributed by atoms with van der Waals surface area (Å²) >= 11 is 0. The Balaban J connectivity index is 1.13. The number of aliphatic carboxylic acids is 1. The largest absolute Gasteiger partial charge is 0.479 e. The minimum Gasteiger partial charge on any atom is -0.479 e. The molecule has 0 bridgehead atoms. The highest BCUT2D eigenvalue weighted by Gasteiger charge is 2.74. The van der Waals surface area contributed by atoms with Crippen LogP contribution in [0.1, 0.15) is 114 Å². The summed E-state index contributed by atoms with van der Waals surface area (Å²) in [4.78, 5) is 40.2. The second-order valence-electron chi connectivity index (χ2n) is 25.3. The standard InChI is InChI=1S/C56H86O22/c1-11-25(3)46(69)77-43-44(78-47(70)26(4)12-2)56(24-60)28(19-51(43,5)6)27-13-14-32-52(7)17-16-34(53(8,23-59)31(52)15-18-54(32,9)55(27,10)20-33(56)61)73-50-42(76-49-38(65)36(63)30(22-58)72-49)40(39(66)41(75-50)45(67)68)74-48-37(64)35(62)29(21-57)71-48/h11-13,28-44,48-50,57-66H,14-24H2,1-10H3,(H,67,68)/b25-11-,26-12-/t28-,29-,30-,31+,32+,33+,34-,35-,36-,37+,38+,39-,40-,41-,42+,43-,44-,48-,49-,50+,52-,53+,54+,55+,56-/m0/s1. The molecule has 0 amide bonds. The second-order valence-corrected chi connectivity index (χ2v) is 25.3. The Morgan fingerprint density at radius 1 is 0.654 bits per heavy atom. The first kappa shape index (κ1) is 61.1. The molecule has 8 rings (SSSR count). The van der Waals surface area contributed by atoms with Gasteiger partial charge in [-0.3, -0.25) is 0 Å². The van der Waals surface area contributed by atoms with E-state index in [4.69, 9.17) is 37.9 Å². The number of hydrogen-bond acceptors (Lipinski definition) is 21. The predicted octanol–water partition coefficient (Wildman–Crippen LogP) is 0.903. The topological polar surface area (TPSA) is 348 Å². The first-order valence-corrected chi connectivity index (χ1v) is 27.6. The summed E-state index contributed by atoms with van der Waals surface area (Å²) in [7, 11) is 0. The van der Waals surface area contributed by atoms with E-state index in [1.807, 2.05) is 20.8 Å². The fraction of sp³-hybridized carbons (Fsp3) is 0.839. The molecule has 5 aliphatic carbocycles. The van der Waals surface area contributed by atoms with Crippen molar-refractivity contribution in [2.45, 2.75) is 219 Å². The lowest BCUT2D eigenvalue weighted by molar-refractivity contribution is -0.369. The average Bonchev–Trinajstić information content (AvgIpc) is 3.98. The van der Waals surface area contributed by atoms with Crippen LogP contribution in [0.2, 0.25) is 0 Å². The highest BCUT2D eigenvalue weighted by atomic mass is 16.8. The Kier molecular flexibility index (Phi) is 17.4. The van der Waals surface area contributed by atoms with Crippen molar-refractivity contribution in [3.05, 3.63) is 34.9 Å². The number of aliphatic hydroxyl groups is 10. The predicted molar refractivity (Wildman–Crippen MR) is 271 cm³/mol. The van der Waals surface area contributed by atoms with Crippen LogP contribution in [-0.4, -0.2) is 205 Å². The van der Waals surface area contributed by atoms with Gasteiger partial charge in [-0.25, -0.2) is 14.4 Å². The maximum Gasteiger partial charge on any atom is 0.335 e. The highest BCUT2D eigenvalue weighted by Crippen LogP contribution is 2.76. The van der Waals surface area contributed by atoms with E-state index in [0.717, 1.165) is 5.57 Å². The number of carbonyl (C=O) groups excluding carboxylic acids is 2. The van der Waals surface area contributed by atoms with E-state index in [2.05, 4.69) is 26.8 Å². The van der Waals surface area contributed by atoms with Gasteiger partial charge < -0.3 is 94.1 Å². The molecule has 3 heterocycles. The molecule has 4 saturated carbocycles. The van der Waals surface area contributed by atoms with Gasteiger partial charge >= 0.3 is 17.9 Å². The van der Waals surface area contributed by atoms with Crippen molar-refractivity contribution in [3.8, 4) is 0 Å². The van der Waals surface area contributed by atoms with Gasteiger partial charge in [0.25, 0.3) is 0 Å². The van der Waals surface area contributed by atoms with Crippen molar-refractivity contribution in [1.82, 2.24) is 0 Å². The number of carbonyl (C=O) groups is 3. The second kappa shape index (κ2) is 22.3. The molecule has 3 aliphatic heterocycles. The lowest BCUT2D eigenvalue weighted by atomic mass is 9.33. The number of carboxylic acid groups (broad SMARTS) is 1. The van der Waals surface area contributed by atoms with Crippen LogP contribution in [0.25, 0.3) is 0 Å². The maximum atomic E-state index is 13.8. The van der Waals surface area contributed by atoms with Crippen molar-refractivity contribution in [2.75, 3.05) is 26.4 Å². The Bertz CT molecular complexity index is 2320. The van der Waals surface area contributed by atoms with E-state index in [1.165, 1.54) is 0 Å². The molecule has 0 aromatic carbocycles. The number of ether oxygens (including phenoxy) is 8. The van der Waals surface area contributed by atoms with E-state index in [1.54, 1.807) is 39.8 Å². The number of carboxylic acids is 1. The van der Waals surface area contributed by atoms with Crippen molar-refractivity contribution in [3.63, 3.8) is 0 Å². The molecule has 25 atom stereocenters. The summed E-state index contributed by atoms with van der Waals surface area (Å²) in [5.41, 5.74) is -3.39. The van der Waals surface area contributed by atoms with Crippen molar-refractivity contribution < 1.29 is 108 Å². The number of hydrogen-bond donors (Lipinski definition) is 11. The van der Waals surface area contributed by atoms with Crippen LogP contribution in [-0.2, 0) is 52.3 Å². The van der Waals surface area contributed by atoms with E-state index < -0.39 is 187 Å². The van der Waals surface area contributed by atoms with Crippen LogP contribution < -0.4 is 0 Å². The number of esters is 2. The van der Waals surface area contributed by atoms with Gasteiger partial charge in [0.05, 0.1) is 44.1 Å². The summed E-state index contributed by atoms with van der Waals surface area (Å²) in [6.07, 6.45) is -18.5. The molecule has 3 saturated heterocycles. The zero-order valence-corrected chi connectivity index (χ0v) is 46.5. The molecular weight excluding hydrogens is 1020 g/mol. The smallest absolute Gasteiger partial charge is 0.335 e. The minimum atomic E-state index is -2.10. The fourth-order valence-electron chi connectivity index (χ4n) is 16.0. The van der Waals surface area contributed by atoms with E-state index >= 15 is 0 Å². The molecule has 7 fully saturated rings. The molecule has 442 valence electrons. The van der Waals surface area contributed by atoms with Crippen LogP contribution in [0.15, 0.2) is 34.9 Å². The third kappa shape index (κ3) is 9.55. The van der Waals surface area contributed by atoms with E-state index in [-0.39, 0.29) is 24.7 Å². The Morgan fingerprint density at radius 3 is 1.71 bits per heavy atom. The lowest BCUT2D eigenvalue weighted by Gasteiger charge is -2.72. The molecule has 11 N–H and O–H groups in total. The number of rotatable bonds is 15. The highest BCUT2D eigenvalue weighted by molar-refractivity contribution is 5.89. The maximum absolute atomic E-state index is 13.8. The normalized spacial score (nSPS) is 49.2. The first-order chi connectivity index (χ1) is 36.5. The monoisotopic (exact) mass is 1110 g/mol. The van der Waals surface area contributed by atoms with Gasteiger partial charge in [0.1, 0.15) is 61.0 Å². The molecule has 0 radical (unpaired) electrons. The van der Waals surface area contributed by atoms with Crippen LogP contribution in [0.5, 0.6) is 0 Å². The van der Waals surface area contributed by atoms with Crippen LogP contribution >= 0.6 is 0 Å². The summed E-state index contributed by atoms with van der Waals surface area (Å²) in [5.74, 6) is -3.75. The Morgan fingerprint density at radius 2 is 1.21 bits per heavy atom. The third-order valence-corrected chi connectivity index (χ3v) is 21.0. The molecular formula is C56H86O22. The van der Waals surface area contributed by atoms with Crippen LogP contribution in [0.4, 0.5) is 0 Å². The van der Waals surface area contributed by atoms with Gasteiger partial charge in [-0.2, -0.15) is 0 Å². The molecule has 0 aromatic rings. The average molecular weight is 1110 g/mol. The number of fused-ring (bicyclic) bond motifs is 7. The molecule has 78 heavy (non-hydrogen) atoms. The van der Waals surface area contributed by atoms with Gasteiger partial charge in [0, 0.05) is 22.0 Å². The van der Waals surface area contributed by atoms with Crippen LogP contribution in [0, 0.1) is 50.2 Å². The van der Waals surface area contributed by atoms with E-state index in [0.29, 0.717) is 43.3 Å². The zero-order valence-electron chi connectivity index (χ0n) is 46.5. The van der Waals surface area contributed by atoms with Crippen molar-refractivity contribution in [2.24, 2.45) is 50.2 Å². The first-order valence-electron chi connectivity index (χ1n) is 27.6. The summed E-state index contributed by atoms with van der Waals surface area (Å²) in [6.45, 7) is 16.7. The van der Waals surface area contributed by atoms with Gasteiger partial charge in [-0.05, 0) is 107 Å². The Hall–Kier alpha value is -3.01. The van der Waals surface area contributed by atoms with Crippen LogP contribution in [0.3, 0.4) is 0 Å². The van der Waals surface area contributed by atoms with Crippen molar-refractivity contribution >= 4 is 17.9 Å². The number of aliphatic hydroxyl groups excluding tert-OH is 10. The van der Waals surface area contributed by atoms with Gasteiger partial charge in [0.15, 0.2) is 31.1 Å². The van der Waals surface area contributed by atoms with E-state index in [9.17, 15) is 70.6 Å². The molecule has 22 nitrogen and oxygen atoms in total. The lowest BCUT2D eigenvalue weighted by Crippen LogP contribution is -2.72.